The van der Waals surface area contributed by atoms with Crippen LogP contribution in [-0.4, -0.2) is 34.5 Å². The lowest BCUT2D eigenvalue weighted by Crippen LogP contribution is -2.56. The lowest BCUT2D eigenvalue weighted by molar-refractivity contribution is -0.127. The van der Waals surface area contributed by atoms with Gasteiger partial charge in [0.2, 0.25) is 0 Å². The number of carbonyl (C=O) groups is 2. The number of fused-ring (bicyclic) bond motifs is 2. The molecule has 1 saturated heterocycles. The van der Waals surface area contributed by atoms with Crippen molar-refractivity contribution in [1.82, 2.24) is 4.90 Å². The fourth-order valence-corrected chi connectivity index (χ4v) is 4.29. The summed E-state index contributed by atoms with van der Waals surface area (Å²) in [4.78, 5) is 28.5. The van der Waals surface area contributed by atoms with Crippen molar-refractivity contribution in [3.05, 3.63) is 83.9 Å². The van der Waals surface area contributed by atoms with E-state index in [4.69, 9.17) is 4.74 Å². The predicted octanol–water partition coefficient (Wildman–Crippen LogP) is 4.68. The minimum absolute atomic E-state index is 0.150. The minimum Gasteiger partial charge on any atom is -0.444 e. The maximum absolute atomic E-state index is 13.6. The Labute approximate surface area is 165 Å². The molecule has 4 heteroatoms. The second kappa shape index (κ2) is 6.93. The summed E-state index contributed by atoms with van der Waals surface area (Å²) in [5, 5.41) is 0. The molecule has 2 aliphatic rings. The average molecular weight is 375 g/mol. The van der Waals surface area contributed by atoms with Gasteiger partial charge < -0.3 is 4.74 Å². The van der Waals surface area contributed by atoms with Gasteiger partial charge in [0, 0.05) is 0 Å². The van der Waals surface area contributed by atoms with Crippen molar-refractivity contribution in [2.75, 3.05) is 0 Å². The van der Waals surface area contributed by atoms with Crippen LogP contribution in [0.15, 0.2) is 72.8 Å². The van der Waals surface area contributed by atoms with Crippen molar-refractivity contribution in [2.45, 2.75) is 50.3 Å². The molecule has 0 aromatic heterocycles. The molecule has 2 bridgehead atoms. The van der Waals surface area contributed by atoms with Crippen LogP contribution in [0.25, 0.3) is 0 Å². The molecule has 1 amide bonds. The SMILES string of the molecule is CC(C)(C)OC(=O)N1[C@@H]2C=C[C@H]1[C@H](c1ccccc1)C(=O)[C@@H]2c1ccccc1. The Bertz CT molecular complexity index is 839. The van der Waals surface area contributed by atoms with Crippen LogP contribution in [0.5, 0.6) is 0 Å². The molecule has 2 aliphatic heterocycles. The van der Waals surface area contributed by atoms with Gasteiger partial charge in [-0.1, -0.05) is 72.8 Å². The Morgan fingerprint density at radius 3 is 1.64 bits per heavy atom. The van der Waals surface area contributed by atoms with E-state index < -0.39 is 17.4 Å². The zero-order chi connectivity index (χ0) is 19.9. The molecule has 4 atom stereocenters. The summed E-state index contributed by atoms with van der Waals surface area (Å²) in [6.45, 7) is 5.58. The number of amides is 1. The summed E-state index contributed by atoms with van der Waals surface area (Å²) >= 11 is 0. The molecule has 28 heavy (non-hydrogen) atoms. The fraction of sp³-hybridized carbons (Fsp3) is 0.333. The van der Waals surface area contributed by atoms with E-state index in [0.29, 0.717) is 0 Å². The first-order valence-electron chi connectivity index (χ1n) is 9.70. The summed E-state index contributed by atoms with van der Waals surface area (Å²) in [5.41, 5.74) is 1.26. The van der Waals surface area contributed by atoms with Gasteiger partial charge in [-0.15, -0.1) is 0 Å². The smallest absolute Gasteiger partial charge is 0.411 e. The van der Waals surface area contributed by atoms with E-state index in [1.54, 1.807) is 4.90 Å². The molecule has 0 N–H and O–H groups in total. The van der Waals surface area contributed by atoms with Crippen LogP contribution in [0.1, 0.15) is 43.7 Å². The molecule has 2 heterocycles. The highest BCUT2D eigenvalue weighted by atomic mass is 16.6. The van der Waals surface area contributed by atoms with E-state index >= 15 is 0 Å². The van der Waals surface area contributed by atoms with Crippen LogP contribution in [0, 0.1) is 0 Å². The van der Waals surface area contributed by atoms with Crippen LogP contribution < -0.4 is 0 Å². The van der Waals surface area contributed by atoms with Gasteiger partial charge in [0.25, 0.3) is 0 Å². The lowest BCUT2D eigenvalue weighted by Gasteiger charge is -2.44. The number of hydrogen-bond donors (Lipinski definition) is 0. The van der Waals surface area contributed by atoms with Crippen molar-refractivity contribution in [3.8, 4) is 0 Å². The molecule has 0 saturated carbocycles. The summed E-state index contributed by atoms with van der Waals surface area (Å²) in [6.07, 6.45) is 3.61. The molecule has 4 nitrogen and oxygen atoms in total. The van der Waals surface area contributed by atoms with Crippen molar-refractivity contribution in [3.63, 3.8) is 0 Å². The van der Waals surface area contributed by atoms with Gasteiger partial charge in [0.1, 0.15) is 5.60 Å². The summed E-state index contributed by atoms with van der Waals surface area (Å²) in [5.74, 6) is -0.667. The Kier molecular flexibility index (Phi) is 4.58. The van der Waals surface area contributed by atoms with Crippen molar-refractivity contribution in [2.24, 2.45) is 0 Å². The molecule has 4 rings (SSSR count). The Hall–Kier alpha value is -2.88. The molecule has 144 valence electrons. The molecule has 2 aromatic rings. The highest BCUT2D eigenvalue weighted by Gasteiger charge is 2.53. The van der Waals surface area contributed by atoms with Crippen molar-refractivity contribution >= 4 is 11.9 Å². The molecular formula is C24H25NO3. The number of benzene rings is 2. The van der Waals surface area contributed by atoms with Crippen molar-refractivity contribution < 1.29 is 14.3 Å². The average Bonchev–Trinajstić information content (AvgIpc) is 3.00. The molecule has 1 fully saturated rings. The Morgan fingerprint density at radius 1 is 0.821 bits per heavy atom. The second-order valence-electron chi connectivity index (χ2n) is 8.43. The van der Waals surface area contributed by atoms with Crippen LogP contribution in [-0.2, 0) is 9.53 Å². The van der Waals surface area contributed by atoms with Gasteiger partial charge >= 0.3 is 6.09 Å². The number of piperidine rings is 1. The summed E-state index contributed by atoms with van der Waals surface area (Å²) < 4.78 is 5.70. The standard InChI is InChI=1S/C24H25NO3/c1-24(2,3)28-23(27)25-18-14-15-19(25)21(17-12-8-5-9-13-17)22(26)20(18)16-10-6-4-7-11-16/h4-15,18-21H,1-3H3/t18-,19+,20-,21+. The number of rotatable bonds is 2. The molecular weight excluding hydrogens is 350 g/mol. The highest BCUT2D eigenvalue weighted by molar-refractivity contribution is 5.97. The third-order valence-corrected chi connectivity index (χ3v) is 5.37. The number of nitrogens with zero attached hydrogens (tertiary/aromatic N) is 1. The van der Waals surface area contributed by atoms with Gasteiger partial charge in [0.15, 0.2) is 5.78 Å². The number of ketones is 1. The van der Waals surface area contributed by atoms with E-state index in [0.717, 1.165) is 11.1 Å². The number of ether oxygens (including phenoxy) is 1. The number of Topliss-reactive ketones (excluding diaryl/α,β-unsaturated/α-hetero) is 1. The van der Waals surface area contributed by atoms with E-state index in [9.17, 15) is 9.59 Å². The Morgan fingerprint density at radius 2 is 1.25 bits per heavy atom. The number of hydrogen-bond acceptors (Lipinski definition) is 3. The summed E-state index contributed by atoms with van der Waals surface area (Å²) in [7, 11) is 0. The third-order valence-electron chi connectivity index (χ3n) is 5.37. The maximum Gasteiger partial charge on any atom is 0.411 e. The van der Waals surface area contributed by atoms with E-state index in [1.165, 1.54) is 0 Å². The lowest BCUT2D eigenvalue weighted by atomic mass is 9.74. The first kappa shape index (κ1) is 18.5. The third kappa shape index (κ3) is 3.24. The molecule has 0 unspecified atom stereocenters. The molecule has 0 radical (unpaired) electrons. The van der Waals surface area contributed by atoms with Gasteiger partial charge in [-0.05, 0) is 31.9 Å². The molecule has 0 spiro atoms. The van der Waals surface area contributed by atoms with Crippen LogP contribution in [0.3, 0.4) is 0 Å². The first-order chi connectivity index (χ1) is 13.4. The fourth-order valence-electron chi connectivity index (χ4n) is 4.29. The van der Waals surface area contributed by atoms with E-state index in [1.807, 2.05) is 93.6 Å². The largest absolute Gasteiger partial charge is 0.444 e. The van der Waals surface area contributed by atoms with Gasteiger partial charge in [-0.25, -0.2) is 4.79 Å². The maximum atomic E-state index is 13.6. The predicted molar refractivity (Wildman–Crippen MR) is 108 cm³/mol. The van der Waals surface area contributed by atoms with E-state index in [-0.39, 0.29) is 24.0 Å². The molecule has 0 aliphatic carbocycles. The quantitative estimate of drug-likeness (QED) is 0.716. The van der Waals surface area contributed by atoms with Crippen LogP contribution in [0.2, 0.25) is 0 Å². The Balaban J connectivity index is 1.79. The summed E-state index contributed by atoms with van der Waals surface area (Å²) in [6, 6.07) is 18.8. The monoisotopic (exact) mass is 375 g/mol. The second-order valence-corrected chi connectivity index (χ2v) is 8.43. The minimum atomic E-state index is -0.595. The highest BCUT2D eigenvalue weighted by Crippen LogP contribution is 2.45. The molecule has 2 aromatic carbocycles. The number of carbonyl (C=O) groups excluding carboxylic acids is 2. The zero-order valence-corrected chi connectivity index (χ0v) is 16.4. The van der Waals surface area contributed by atoms with Crippen LogP contribution in [0.4, 0.5) is 4.79 Å². The van der Waals surface area contributed by atoms with Gasteiger partial charge in [-0.3, -0.25) is 9.69 Å². The van der Waals surface area contributed by atoms with E-state index in [2.05, 4.69) is 0 Å². The normalized spacial score (nSPS) is 26.4. The van der Waals surface area contributed by atoms with Gasteiger partial charge in [0.05, 0.1) is 23.9 Å². The first-order valence-corrected chi connectivity index (χ1v) is 9.70. The van der Waals surface area contributed by atoms with Crippen molar-refractivity contribution in [1.29, 1.82) is 0 Å². The van der Waals surface area contributed by atoms with Crippen LogP contribution >= 0.6 is 0 Å². The van der Waals surface area contributed by atoms with Gasteiger partial charge in [-0.2, -0.15) is 0 Å². The zero-order valence-electron chi connectivity index (χ0n) is 16.4. The topological polar surface area (TPSA) is 46.6 Å².